The molecule has 2 aliphatic heterocycles. The Bertz CT molecular complexity index is 2410. The van der Waals surface area contributed by atoms with E-state index in [1.807, 2.05) is 12.1 Å². The SMILES string of the molecule is Cc1cc(-c2ccccc2)cc2c3cc(-c4ccccc4)cc(C)c3n(-c3cc4c5c(c3)Oc3ccccc3B5c3ccccc3O4)c12. The zero-order valence-corrected chi connectivity index (χ0v) is 26.7. The van der Waals surface area contributed by atoms with Crippen molar-refractivity contribution in [3.05, 3.63) is 157 Å². The fourth-order valence-electron chi connectivity index (χ4n) is 8.04. The molecule has 48 heavy (non-hydrogen) atoms. The fourth-order valence-corrected chi connectivity index (χ4v) is 8.04. The molecule has 0 aliphatic carbocycles. The lowest BCUT2D eigenvalue weighted by molar-refractivity contribution is 0.464. The van der Waals surface area contributed by atoms with Crippen molar-refractivity contribution in [3.63, 3.8) is 0 Å². The zero-order chi connectivity index (χ0) is 31.9. The number of fused-ring (bicyclic) bond motifs is 7. The van der Waals surface area contributed by atoms with E-state index in [1.165, 1.54) is 66.1 Å². The van der Waals surface area contributed by atoms with Gasteiger partial charge in [0.05, 0.1) is 16.7 Å². The van der Waals surface area contributed by atoms with Crippen LogP contribution in [0.1, 0.15) is 11.1 Å². The standard InChI is InChI=1S/C44H30BNO2/c1-27-21-31(29-13-5-3-6-14-29)23-34-35-24-32(30-15-7-4-8-16-30)22-28(2)44(35)46(43(27)34)33-25-40-42-41(26-33)48-39-20-12-10-18-37(39)45(42)36-17-9-11-19-38(36)47-40/h3-26H,1-2H3. The Morgan fingerprint density at radius 2 is 0.875 bits per heavy atom. The van der Waals surface area contributed by atoms with Crippen LogP contribution in [0.15, 0.2) is 146 Å². The molecule has 2 aliphatic rings. The van der Waals surface area contributed by atoms with Gasteiger partial charge in [-0.1, -0.05) is 97.1 Å². The third-order valence-electron chi connectivity index (χ3n) is 10.1. The normalized spacial score (nSPS) is 12.7. The highest BCUT2D eigenvalue weighted by Gasteiger charge is 2.40. The van der Waals surface area contributed by atoms with Gasteiger partial charge in [0.2, 0.25) is 0 Å². The van der Waals surface area contributed by atoms with E-state index in [1.54, 1.807) is 0 Å². The van der Waals surface area contributed by atoms with Crippen molar-refractivity contribution >= 4 is 44.9 Å². The summed E-state index contributed by atoms with van der Waals surface area (Å²) in [7, 11) is 0. The molecule has 0 N–H and O–H groups in total. The summed E-state index contributed by atoms with van der Waals surface area (Å²) in [4.78, 5) is 0. The molecule has 0 bridgehead atoms. The first-order chi connectivity index (χ1) is 23.6. The molecule has 8 aromatic rings. The van der Waals surface area contributed by atoms with Gasteiger partial charge in [0.1, 0.15) is 23.0 Å². The molecule has 0 atom stereocenters. The molecule has 3 heterocycles. The van der Waals surface area contributed by atoms with Crippen molar-refractivity contribution in [2.75, 3.05) is 0 Å². The summed E-state index contributed by atoms with van der Waals surface area (Å²) in [6, 6.07) is 51.9. The second kappa shape index (κ2) is 10.3. The number of aryl methyl sites for hydroxylation is 2. The lowest BCUT2D eigenvalue weighted by Gasteiger charge is -2.33. The topological polar surface area (TPSA) is 23.4 Å². The van der Waals surface area contributed by atoms with Gasteiger partial charge in [0, 0.05) is 28.4 Å². The van der Waals surface area contributed by atoms with Crippen LogP contribution in [0.5, 0.6) is 23.0 Å². The highest BCUT2D eigenvalue weighted by atomic mass is 16.5. The molecule has 0 saturated heterocycles. The highest BCUT2D eigenvalue weighted by molar-refractivity contribution is 6.98. The first-order valence-corrected chi connectivity index (χ1v) is 16.5. The number of hydrogen-bond acceptors (Lipinski definition) is 2. The van der Waals surface area contributed by atoms with E-state index in [0.29, 0.717) is 0 Å². The Kier molecular flexibility index (Phi) is 5.80. The summed E-state index contributed by atoms with van der Waals surface area (Å²) in [6.45, 7) is 4.51. The minimum absolute atomic E-state index is 0.0439. The average molecular weight is 616 g/mol. The summed E-state index contributed by atoms with van der Waals surface area (Å²) in [6.07, 6.45) is 0. The lowest BCUT2D eigenvalue weighted by atomic mass is 9.35. The van der Waals surface area contributed by atoms with Gasteiger partial charge in [0.15, 0.2) is 0 Å². The van der Waals surface area contributed by atoms with Crippen molar-refractivity contribution in [2.24, 2.45) is 0 Å². The maximum Gasteiger partial charge on any atom is 0.260 e. The van der Waals surface area contributed by atoms with Gasteiger partial charge in [-0.05, 0) is 94.6 Å². The van der Waals surface area contributed by atoms with Crippen LogP contribution in [0.2, 0.25) is 0 Å². The molecule has 7 aromatic carbocycles. The fraction of sp³-hybridized carbons (Fsp3) is 0.0455. The highest BCUT2D eigenvalue weighted by Crippen LogP contribution is 2.43. The van der Waals surface area contributed by atoms with Crippen LogP contribution >= 0.6 is 0 Å². The van der Waals surface area contributed by atoms with Gasteiger partial charge in [-0.25, -0.2) is 0 Å². The van der Waals surface area contributed by atoms with Crippen molar-refractivity contribution in [3.8, 4) is 50.9 Å². The minimum atomic E-state index is 0.0439. The largest absolute Gasteiger partial charge is 0.458 e. The number of benzene rings is 7. The summed E-state index contributed by atoms with van der Waals surface area (Å²) < 4.78 is 15.9. The number of para-hydroxylation sites is 2. The number of aromatic nitrogens is 1. The Hall–Kier alpha value is -6.00. The molecule has 4 heteroatoms. The molecule has 10 rings (SSSR count). The van der Waals surface area contributed by atoms with E-state index in [9.17, 15) is 0 Å². The van der Waals surface area contributed by atoms with Crippen LogP contribution in [0, 0.1) is 13.8 Å². The molecule has 0 fully saturated rings. The molecule has 0 saturated carbocycles. The summed E-state index contributed by atoms with van der Waals surface area (Å²) in [5, 5.41) is 2.46. The van der Waals surface area contributed by atoms with Crippen LogP contribution in [0.3, 0.4) is 0 Å². The second-order valence-electron chi connectivity index (χ2n) is 13.0. The maximum atomic E-state index is 6.72. The molecular formula is C44H30BNO2. The molecule has 0 spiro atoms. The number of ether oxygens (including phenoxy) is 2. The smallest absolute Gasteiger partial charge is 0.260 e. The first kappa shape index (κ1) is 27.1. The Labute approximate surface area is 279 Å². The van der Waals surface area contributed by atoms with Gasteiger partial charge >= 0.3 is 0 Å². The van der Waals surface area contributed by atoms with E-state index < -0.39 is 0 Å². The molecule has 1 aromatic heterocycles. The predicted octanol–water partition coefficient (Wildman–Crippen LogP) is 9.46. The maximum absolute atomic E-state index is 6.72. The van der Waals surface area contributed by atoms with Gasteiger partial charge in [-0.2, -0.15) is 0 Å². The van der Waals surface area contributed by atoms with Crippen LogP contribution in [0.25, 0.3) is 49.7 Å². The number of nitrogens with zero attached hydrogens (tertiary/aromatic N) is 1. The van der Waals surface area contributed by atoms with Crippen molar-refractivity contribution in [2.45, 2.75) is 13.8 Å². The summed E-state index contributed by atoms with van der Waals surface area (Å²) in [5.74, 6) is 3.47. The molecule has 3 nitrogen and oxygen atoms in total. The Balaban J connectivity index is 1.28. The zero-order valence-electron chi connectivity index (χ0n) is 26.7. The minimum Gasteiger partial charge on any atom is -0.458 e. The van der Waals surface area contributed by atoms with E-state index >= 15 is 0 Å². The second-order valence-corrected chi connectivity index (χ2v) is 13.0. The van der Waals surface area contributed by atoms with Gasteiger partial charge in [0.25, 0.3) is 6.71 Å². The van der Waals surface area contributed by atoms with Crippen LogP contribution in [-0.4, -0.2) is 11.3 Å². The molecule has 0 amide bonds. The van der Waals surface area contributed by atoms with Crippen molar-refractivity contribution in [1.29, 1.82) is 0 Å². The van der Waals surface area contributed by atoms with Crippen LogP contribution < -0.4 is 25.9 Å². The molecular weight excluding hydrogens is 585 g/mol. The van der Waals surface area contributed by atoms with E-state index in [4.69, 9.17) is 9.47 Å². The van der Waals surface area contributed by atoms with Crippen LogP contribution in [0.4, 0.5) is 0 Å². The third kappa shape index (κ3) is 3.96. The average Bonchev–Trinajstić information content (AvgIpc) is 3.47. The van der Waals surface area contributed by atoms with Crippen LogP contribution in [-0.2, 0) is 0 Å². The first-order valence-electron chi connectivity index (χ1n) is 16.5. The van der Waals surface area contributed by atoms with E-state index in [0.717, 1.165) is 34.1 Å². The lowest BCUT2D eigenvalue weighted by Crippen LogP contribution is -2.57. The number of rotatable bonds is 3. The molecule has 0 radical (unpaired) electrons. The molecule has 0 unspecified atom stereocenters. The van der Waals surface area contributed by atoms with Crippen molar-refractivity contribution < 1.29 is 9.47 Å². The summed E-state index contributed by atoms with van der Waals surface area (Å²) >= 11 is 0. The quantitative estimate of drug-likeness (QED) is 0.185. The molecule has 226 valence electrons. The Morgan fingerprint density at radius 3 is 1.35 bits per heavy atom. The monoisotopic (exact) mass is 615 g/mol. The predicted molar refractivity (Wildman–Crippen MR) is 199 cm³/mol. The Morgan fingerprint density at radius 1 is 0.438 bits per heavy atom. The van der Waals surface area contributed by atoms with Gasteiger partial charge in [-0.3, -0.25) is 0 Å². The summed E-state index contributed by atoms with van der Waals surface area (Å²) in [5.41, 5.74) is 14.1. The third-order valence-corrected chi connectivity index (χ3v) is 10.1. The van der Waals surface area contributed by atoms with E-state index in [2.05, 4.69) is 152 Å². The van der Waals surface area contributed by atoms with Crippen molar-refractivity contribution in [1.82, 2.24) is 4.57 Å². The number of hydrogen-bond donors (Lipinski definition) is 0. The van der Waals surface area contributed by atoms with Gasteiger partial charge in [-0.15, -0.1) is 0 Å². The van der Waals surface area contributed by atoms with E-state index in [-0.39, 0.29) is 6.71 Å². The van der Waals surface area contributed by atoms with Gasteiger partial charge < -0.3 is 14.0 Å².